The highest BCUT2D eigenvalue weighted by molar-refractivity contribution is 6.26. The summed E-state index contributed by atoms with van der Waals surface area (Å²) in [4.78, 5) is 20.7. The van der Waals surface area contributed by atoms with E-state index in [9.17, 15) is 9.70 Å². The van der Waals surface area contributed by atoms with Crippen LogP contribution in [-0.2, 0) is 9.53 Å². The molecule has 0 aromatic heterocycles. The van der Waals surface area contributed by atoms with Gasteiger partial charge in [-0.2, -0.15) is 0 Å². The fraction of sp³-hybridized carbons (Fsp3) is 0.857. The number of carbonyl (C=O) groups is 1. The Morgan fingerprint density at radius 3 is 2.77 bits per heavy atom. The first-order valence-electron chi connectivity index (χ1n) is 4.04. The topological polar surface area (TPSA) is 59.0 Å². The molecule has 5 nitrogen and oxygen atoms in total. The van der Waals surface area contributed by atoms with E-state index < -0.39 is 5.97 Å². The van der Waals surface area contributed by atoms with Gasteiger partial charge >= 0.3 is 5.97 Å². The molecule has 0 saturated carbocycles. The summed E-state index contributed by atoms with van der Waals surface area (Å²) in [6.07, 6.45) is 1.79. The van der Waals surface area contributed by atoms with Crippen LogP contribution >= 0.6 is 11.6 Å². The molecule has 0 aliphatic carbocycles. The second kappa shape index (κ2) is 7.79. The highest BCUT2D eigenvalue weighted by atomic mass is 35.5. The molecule has 0 aliphatic rings. The van der Waals surface area contributed by atoms with E-state index in [-0.39, 0.29) is 12.6 Å². The second-order valence-corrected chi connectivity index (χ2v) is 2.71. The van der Waals surface area contributed by atoms with Crippen LogP contribution in [0.3, 0.4) is 0 Å². The standard InChI is InChI=1S/C7H13ClN2O3/c1-2-3-4-10(9-12)6-13-7(11)5-8/h2-6H2,1H3. The van der Waals surface area contributed by atoms with E-state index in [1.807, 2.05) is 6.92 Å². The van der Waals surface area contributed by atoms with Crippen LogP contribution in [0.5, 0.6) is 0 Å². The predicted octanol–water partition coefficient (Wildman–Crippen LogP) is 1.51. The van der Waals surface area contributed by atoms with Crippen LogP contribution in [-0.4, -0.2) is 30.1 Å². The lowest BCUT2D eigenvalue weighted by atomic mass is 10.3. The minimum absolute atomic E-state index is 0.116. The zero-order valence-corrected chi connectivity index (χ0v) is 8.29. The summed E-state index contributed by atoms with van der Waals surface area (Å²) in [5.74, 6) is -0.757. The number of esters is 1. The van der Waals surface area contributed by atoms with E-state index in [1.165, 1.54) is 0 Å². The van der Waals surface area contributed by atoms with Crippen molar-refractivity contribution in [3.8, 4) is 0 Å². The number of hydrogen-bond acceptors (Lipinski definition) is 4. The van der Waals surface area contributed by atoms with Gasteiger partial charge < -0.3 is 4.74 Å². The first kappa shape index (κ1) is 12.2. The number of nitrogens with zero attached hydrogens (tertiary/aromatic N) is 2. The Kier molecular flexibility index (Phi) is 7.29. The molecule has 0 saturated heterocycles. The summed E-state index contributed by atoms with van der Waals surface area (Å²) >= 11 is 5.18. The van der Waals surface area contributed by atoms with Crippen LogP contribution in [0.1, 0.15) is 19.8 Å². The third kappa shape index (κ3) is 6.33. The summed E-state index contributed by atoms with van der Waals surface area (Å²) in [6.45, 7) is 2.37. The Hall–Kier alpha value is -0.840. The molecular weight excluding hydrogens is 196 g/mol. The quantitative estimate of drug-likeness (QED) is 0.209. The van der Waals surface area contributed by atoms with Gasteiger partial charge in [0.1, 0.15) is 5.88 Å². The second-order valence-electron chi connectivity index (χ2n) is 2.44. The van der Waals surface area contributed by atoms with Crippen molar-refractivity contribution in [2.45, 2.75) is 19.8 Å². The maximum atomic E-state index is 10.6. The Balaban J connectivity index is 3.58. The molecule has 0 heterocycles. The summed E-state index contributed by atoms with van der Waals surface area (Å²) in [5, 5.41) is 3.84. The third-order valence-corrected chi connectivity index (χ3v) is 1.59. The van der Waals surface area contributed by atoms with Crippen LogP contribution in [0.4, 0.5) is 0 Å². The Morgan fingerprint density at radius 1 is 1.62 bits per heavy atom. The highest BCUT2D eigenvalue weighted by Crippen LogP contribution is 1.96. The number of ether oxygens (including phenoxy) is 1. The third-order valence-electron chi connectivity index (χ3n) is 1.37. The van der Waals surface area contributed by atoms with E-state index in [1.54, 1.807) is 0 Å². The van der Waals surface area contributed by atoms with Gasteiger partial charge in [0.15, 0.2) is 6.73 Å². The maximum absolute atomic E-state index is 10.6. The molecule has 13 heavy (non-hydrogen) atoms. The number of carbonyl (C=O) groups excluding carboxylic acids is 1. The first-order valence-corrected chi connectivity index (χ1v) is 4.57. The van der Waals surface area contributed by atoms with Gasteiger partial charge in [-0.1, -0.05) is 13.3 Å². The summed E-state index contributed by atoms with van der Waals surface area (Å²) < 4.78 is 4.60. The molecule has 6 heteroatoms. The van der Waals surface area contributed by atoms with Crippen molar-refractivity contribution >= 4 is 17.6 Å². The van der Waals surface area contributed by atoms with Crippen molar-refractivity contribution in [2.24, 2.45) is 5.29 Å². The fourth-order valence-corrected chi connectivity index (χ4v) is 0.732. The van der Waals surface area contributed by atoms with Gasteiger partial charge in [-0.3, -0.25) is 4.79 Å². The molecule has 0 rings (SSSR count). The van der Waals surface area contributed by atoms with Gasteiger partial charge in [0.2, 0.25) is 0 Å². The number of rotatable bonds is 7. The lowest BCUT2D eigenvalue weighted by Gasteiger charge is -2.13. The smallest absolute Gasteiger partial charge is 0.322 e. The monoisotopic (exact) mass is 208 g/mol. The largest absolute Gasteiger partial charge is 0.442 e. The summed E-state index contributed by atoms with van der Waals surface area (Å²) in [6, 6.07) is 0. The lowest BCUT2D eigenvalue weighted by Crippen LogP contribution is -2.24. The van der Waals surface area contributed by atoms with Gasteiger partial charge in [-0.15, -0.1) is 16.5 Å². The summed E-state index contributed by atoms with van der Waals surface area (Å²) in [7, 11) is 0. The molecule has 0 fully saturated rings. The van der Waals surface area contributed by atoms with E-state index in [2.05, 4.69) is 10.0 Å². The number of unbranched alkanes of at least 4 members (excludes halogenated alkanes) is 1. The van der Waals surface area contributed by atoms with Gasteiger partial charge in [0.05, 0.1) is 5.29 Å². The molecule has 0 radical (unpaired) electrons. The van der Waals surface area contributed by atoms with Gasteiger partial charge in [-0.25, -0.2) is 5.01 Å². The highest BCUT2D eigenvalue weighted by Gasteiger charge is 2.05. The Morgan fingerprint density at radius 2 is 2.31 bits per heavy atom. The van der Waals surface area contributed by atoms with E-state index in [0.29, 0.717) is 6.54 Å². The fourth-order valence-electron chi connectivity index (χ4n) is 0.655. The van der Waals surface area contributed by atoms with Crippen LogP contribution in [0, 0.1) is 4.91 Å². The molecule has 0 amide bonds. The van der Waals surface area contributed by atoms with Crippen LogP contribution in [0.25, 0.3) is 0 Å². The van der Waals surface area contributed by atoms with Crippen molar-refractivity contribution in [1.82, 2.24) is 5.01 Å². The molecule has 0 spiro atoms. The van der Waals surface area contributed by atoms with E-state index >= 15 is 0 Å². The molecular formula is C7H13ClN2O3. The number of alkyl halides is 1. The number of halogens is 1. The van der Waals surface area contributed by atoms with Gasteiger partial charge in [0.25, 0.3) is 0 Å². The zero-order valence-electron chi connectivity index (χ0n) is 7.53. The minimum atomic E-state index is -0.549. The molecule has 0 aliphatic heterocycles. The van der Waals surface area contributed by atoms with E-state index in [0.717, 1.165) is 17.9 Å². The maximum Gasteiger partial charge on any atom is 0.322 e. The SMILES string of the molecule is CCCCN(COC(=O)CCl)N=O. The van der Waals surface area contributed by atoms with Crippen molar-refractivity contribution < 1.29 is 9.53 Å². The molecule has 0 unspecified atom stereocenters. The van der Waals surface area contributed by atoms with Gasteiger partial charge in [-0.05, 0) is 6.42 Å². The lowest BCUT2D eigenvalue weighted by molar-refractivity contribution is -0.145. The normalized spacial score (nSPS) is 9.38. The number of nitroso groups, excluding NO2 is 1. The van der Waals surface area contributed by atoms with Crippen LogP contribution in [0.2, 0.25) is 0 Å². The van der Waals surface area contributed by atoms with Crippen LogP contribution < -0.4 is 0 Å². The first-order chi connectivity index (χ1) is 6.24. The summed E-state index contributed by atoms with van der Waals surface area (Å²) in [5.41, 5.74) is 0. The molecule has 0 atom stereocenters. The molecule has 0 aromatic rings. The molecule has 0 aromatic carbocycles. The van der Waals surface area contributed by atoms with Gasteiger partial charge in [0, 0.05) is 6.54 Å². The predicted molar refractivity (Wildman–Crippen MR) is 49.1 cm³/mol. The van der Waals surface area contributed by atoms with Crippen molar-refractivity contribution in [3.05, 3.63) is 4.91 Å². The van der Waals surface area contributed by atoms with Crippen molar-refractivity contribution in [3.63, 3.8) is 0 Å². The molecule has 76 valence electrons. The Bertz CT molecular complexity index is 166. The molecule has 0 N–H and O–H groups in total. The van der Waals surface area contributed by atoms with Crippen LogP contribution in [0.15, 0.2) is 5.29 Å². The average molecular weight is 209 g/mol. The Labute approximate surface area is 81.9 Å². The van der Waals surface area contributed by atoms with Crippen molar-refractivity contribution in [2.75, 3.05) is 19.2 Å². The molecule has 0 bridgehead atoms. The number of hydrogen-bond donors (Lipinski definition) is 0. The minimum Gasteiger partial charge on any atom is -0.442 e. The average Bonchev–Trinajstić information content (AvgIpc) is 2.17. The zero-order chi connectivity index (χ0) is 10.1. The van der Waals surface area contributed by atoms with E-state index in [4.69, 9.17) is 11.6 Å². The van der Waals surface area contributed by atoms with Crippen molar-refractivity contribution in [1.29, 1.82) is 0 Å².